The Morgan fingerprint density at radius 1 is 1.21 bits per heavy atom. The van der Waals surface area contributed by atoms with Gasteiger partial charge < -0.3 is 10.6 Å². The van der Waals surface area contributed by atoms with Crippen molar-refractivity contribution < 1.29 is 4.79 Å². The normalized spacial score (nSPS) is 12.5. The maximum atomic E-state index is 11.5. The predicted octanol–water partition coefficient (Wildman–Crippen LogP) is 2.87. The first kappa shape index (κ1) is 15.7. The quantitative estimate of drug-likeness (QED) is 0.827. The van der Waals surface area contributed by atoms with E-state index in [0.29, 0.717) is 13.0 Å². The van der Waals surface area contributed by atoms with Crippen LogP contribution in [-0.2, 0) is 4.79 Å². The molecule has 1 amide bonds. The highest BCUT2D eigenvalue weighted by atomic mass is 16.1. The van der Waals surface area contributed by atoms with Crippen LogP contribution in [0.25, 0.3) is 0 Å². The molecule has 1 aromatic carbocycles. The maximum Gasteiger partial charge on any atom is 0.221 e. The SMILES string of the molecule is Cc1ccc(C)c(C(C)NCCC(=O)NC(C)C)c1. The van der Waals surface area contributed by atoms with E-state index >= 15 is 0 Å². The summed E-state index contributed by atoms with van der Waals surface area (Å²) in [5.74, 6) is 0.107. The molecular formula is C16H26N2O. The molecule has 106 valence electrons. The summed E-state index contributed by atoms with van der Waals surface area (Å²) >= 11 is 0. The molecule has 0 saturated carbocycles. The molecule has 1 rings (SSSR count). The van der Waals surface area contributed by atoms with Crippen molar-refractivity contribution in [2.24, 2.45) is 0 Å². The Hall–Kier alpha value is -1.35. The molecule has 0 radical (unpaired) electrons. The number of nitrogens with one attached hydrogen (secondary N) is 2. The van der Waals surface area contributed by atoms with Crippen LogP contribution in [0.3, 0.4) is 0 Å². The minimum absolute atomic E-state index is 0.107. The molecule has 0 spiro atoms. The Labute approximate surface area is 116 Å². The monoisotopic (exact) mass is 262 g/mol. The van der Waals surface area contributed by atoms with E-state index in [1.807, 2.05) is 13.8 Å². The molecule has 0 aliphatic heterocycles. The van der Waals surface area contributed by atoms with Gasteiger partial charge in [0.05, 0.1) is 0 Å². The summed E-state index contributed by atoms with van der Waals surface area (Å²) in [6, 6.07) is 6.97. The molecule has 0 heterocycles. The van der Waals surface area contributed by atoms with Gasteiger partial charge in [0.2, 0.25) is 5.91 Å². The fraction of sp³-hybridized carbons (Fsp3) is 0.562. The Bertz CT molecular complexity index is 427. The molecule has 0 aliphatic carbocycles. The highest BCUT2D eigenvalue weighted by molar-refractivity contribution is 5.76. The van der Waals surface area contributed by atoms with Crippen LogP contribution in [0.15, 0.2) is 18.2 Å². The zero-order valence-electron chi connectivity index (χ0n) is 12.7. The van der Waals surface area contributed by atoms with E-state index in [4.69, 9.17) is 0 Å². The van der Waals surface area contributed by atoms with Gasteiger partial charge in [-0.3, -0.25) is 4.79 Å². The largest absolute Gasteiger partial charge is 0.354 e. The van der Waals surface area contributed by atoms with Gasteiger partial charge in [-0.25, -0.2) is 0 Å². The van der Waals surface area contributed by atoms with E-state index in [2.05, 4.69) is 49.6 Å². The van der Waals surface area contributed by atoms with Crippen molar-refractivity contribution in [3.05, 3.63) is 34.9 Å². The fourth-order valence-electron chi connectivity index (χ4n) is 2.13. The highest BCUT2D eigenvalue weighted by Gasteiger charge is 2.09. The summed E-state index contributed by atoms with van der Waals surface area (Å²) in [7, 11) is 0. The van der Waals surface area contributed by atoms with Gasteiger partial charge in [0, 0.05) is 25.0 Å². The van der Waals surface area contributed by atoms with Crippen LogP contribution < -0.4 is 10.6 Å². The van der Waals surface area contributed by atoms with Crippen molar-refractivity contribution >= 4 is 5.91 Å². The zero-order valence-corrected chi connectivity index (χ0v) is 12.7. The molecule has 1 unspecified atom stereocenters. The topological polar surface area (TPSA) is 41.1 Å². The Balaban J connectivity index is 2.45. The molecule has 1 aromatic rings. The van der Waals surface area contributed by atoms with Crippen LogP contribution >= 0.6 is 0 Å². The molecule has 19 heavy (non-hydrogen) atoms. The number of carbonyl (C=O) groups excluding carboxylic acids is 1. The lowest BCUT2D eigenvalue weighted by molar-refractivity contribution is -0.121. The number of rotatable bonds is 6. The van der Waals surface area contributed by atoms with Crippen molar-refractivity contribution in [3.8, 4) is 0 Å². The first-order valence-corrected chi connectivity index (χ1v) is 7.00. The van der Waals surface area contributed by atoms with Crippen LogP contribution in [0.2, 0.25) is 0 Å². The molecule has 0 fully saturated rings. The Morgan fingerprint density at radius 3 is 2.53 bits per heavy atom. The van der Waals surface area contributed by atoms with Gasteiger partial charge in [0.25, 0.3) is 0 Å². The molecule has 3 heteroatoms. The molecule has 0 bridgehead atoms. The summed E-state index contributed by atoms with van der Waals surface area (Å²) < 4.78 is 0. The smallest absolute Gasteiger partial charge is 0.221 e. The average Bonchev–Trinajstić information content (AvgIpc) is 2.31. The second kappa shape index (κ2) is 7.29. The lowest BCUT2D eigenvalue weighted by Gasteiger charge is -2.17. The third-order valence-electron chi connectivity index (χ3n) is 3.15. The zero-order chi connectivity index (χ0) is 14.4. The molecule has 0 aromatic heterocycles. The summed E-state index contributed by atoms with van der Waals surface area (Å²) in [6.07, 6.45) is 0.521. The third-order valence-corrected chi connectivity index (χ3v) is 3.15. The van der Waals surface area contributed by atoms with E-state index in [0.717, 1.165) is 0 Å². The predicted molar refractivity (Wildman–Crippen MR) is 80.2 cm³/mol. The lowest BCUT2D eigenvalue weighted by atomic mass is 10.00. The van der Waals surface area contributed by atoms with Gasteiger partial charge in [-0.2, -0.15) is 0 Å². The summed E-state index contributed by atoms with van der Waals surface area (Å²) in [4.78, 5) is 11.5. The number of carbonyl (C=O) groups is 1. The van der Waals surface area contributed by atoms with Crippen molar-refractivity contribution in [2.45, 2.75) is 53.1 Å². The van der Waals surface area contributed by atoms with E-state index < -0.39 is 0 Å². The molecular weight excluding hydrogens is 236 g/mol. The highest BCUT2D eigenvalue weighted by Crippen LogP contribution is 2.18. The van der Waals surface area contributed by atoms with Gasteiger partial charge in [0.15, 0.2) is 0 Å². The summed E-state index contributed by atoms with van der Waals surface area (Å²) in [6.45, 7) is 11.0. The maximum absolute atomic E-state index is 11.5. The fourth-order valence-corrected chi connectivity index (χ4v) is 2.13. The van der Waals surface area contributed by atoms with Gasteiger partial charge in [-0.05, 0) is 45.7 Å². The molecule has 3 nitrogen and oxygen atoms in total. The lowest BCUT2D eigenvalue weighted by Crippen LogP contribution is -2.33. The van der Waals surface area contributed by atoms with Gasteiger partial charge in [0.1, 0.15) is 0 Å². The Kier molecular flexibility index (Phi) is 6.03. The minimum atomic E-state index is 0.107. The minimum Gasteiger partial charge on any atom is -0.354 e. The van der Waals surface area contributed by atoms with Crippen molar-refractivity contribution in [3.63, 3.8) is 0 Å². The molecule has 2 N–H and O–H groups in total. The number of aryl methyl sites for hydroxylation is 2. The number of hydrogen-bond acceptors (Lipinski definition) is 2. The number of benzene rings is 1. The van der Waals surface area contributed by atoms with Crippen LogP contribution in [0.5, 0.6) is 0 Å². The molecule has 0 saturated heterocycles. The standard InChI is InChI=1S/C16H26N2O/c1-11(2)18-16(19)8-9-17-14(5)15-10-12(3)6-7-13(15)4/h6-7,10-11,14,17H,8-9H2,1-5H3,(H,18,19). The van der Waals surface area contributed by atoms with E-state index in [-0.39, 0.29) is 18.0 Å². The summed E-state index contributed by atoms with van der Waals surface area (Å²) in [5, 5.41) is 6.31. The number of amides is 1. The third kappa shape index (κ3) is 5.43. The van der Waals surface area contributed by atoms with E-state index in [9.17, 15) is 4.79 Å². The van der Waals surface area contributed by atoms with E-state index in [1.54, 1.807) is 0 Å². The van der Waals surface area contributed by atoms with Crippen LogP contribution in [0.1, 0.15) is 49.9 Å². The second-order valence-corrected chi connectivity index (χ2v) is 5.51. The van der Waals surface area contributed by atoms with Gasteiger partial charge >= 0.3 is 0 Å². The van der Waals surface area contributed by atoms with Crippen LogP contribution in [-0.4, -0.2) is 18.5 Å². The van der Waals surface area contributed by atoms with Gasteiger partial charge in [-0.1, -0.05) is 23.8 Å². The number of hydrogen-bond donors (Lipinski definition) is 2. The Morgan fingerprint density at radius 2 is 1.89 bits per heavy atom. The second-order valence-electron chi connectivity index (χ2n) is 5.51. The summed E-state index contributed by atoms with van der Waals surface area (Å²) in [5.41, 5.74) is 3.87. The van der Waals surface area contributed by atoms with Crippen molar-refractivity contribution in [1.82, 2.24) is 10.6 Å². The molecule has 1 atom stereocenters. The average molecular weight is 262 g/mol. The van der Waals surface area contributed by atoms with Crippen LogP contribution in [0.4, 0.5) is 0 Å². The van der Waals surface area contributed by atoms with Gasteiger partial charge in [-0.15, -0.1) is 0 Å². The van der Waals surface area contributed by atoms with Crippen LogP contribution in [0, 0.1) is 13.8 Å². The van der Waals surface area contributed by atoms with Crippen molar-refractivity contribution in [1.29, 1.82) is 0 Å². The molecule has 0 aliphatic rings. The first-order chi connectivity index (χ1) is 8.90. The van der Waals surface area contributed by atoms with E-state index in [1.165, 1.54) is 16.7 Å². The van der Waals surface area contributed by atoms with Crippen molar-refractivity contribution in [2.75, 3.05) is 6.54 Å². The first-order valence-electron chi connectivity index (χ1n) is 7.00.